The molecule has 0 radical (unpaired) electrons. The van der Waals surface area contributed by atoms with Crippen LogP contribution < -0.4 is 0 Å². The van der Waals surface area contributed by atoms with Crippen LogP contribution in [-0.2, 0) is 16.1 Å². The zero-order chi connectivity index (χ0) is 13.3. The van der Waals surface area contributed by atoms with E-state index < -0.39 is 11.9 Å². The lowest BCUT2D eigenvalue weighted by Gasteiger charge is -2.17. The highest BCUT2D eigenvalue weighted by molar-refractivity contribution is 6.35. The number of carboxylic acids is 1. The van der Waals surface area contributed by atoms with Crippen LogP contribution in [0.3, 0.4) is 0 Å². The fourth-order valence-corrected chi connectivity index (χ4v) is 2.41. The van der Waals surface area contributed by atoms with Gasteiger partial charge in [-0.05, 0) is 17.7 Å². The summed E-state index contributed by atoms with van der Waals surface area (Å²) in [5.74, 6) is -1.72. The van der Waals surface area contributed by atoms with E-state index in [9.17, 15) is 9.59 Å². The van der Waals surface area contributed by atoms with Crippen molar-refractivity contribution in [3.8, 4) is 0 Å². The second-order valence-electron chi connectivity index (χ2n) is 4.25. The number of rotatable bonds is 3. The van der Waals surface area contributed by atoms with Crippen molar-refractivity contribution >= 4 is 35.1 Å². The van der Waals surface area contributed by atoms with Crippen LogP contribution in [0.5, 0.6) is 0 Å². The summed E-state index contributed by atoms with van der Waals surface area (Å²) >= 11 is 11.8. The highest BCUT2D eigenvalue weighted by atomic mass is 35.5. The lowest BCUT2D eigenvalue weighted by Crippen LogP contribution is -2.25. The molecular formula is C12H11Cl2NO3. The second kappa shape index (κ2) is 5.16. The molecular weight excluding hydrogens is 277 g/mol. The largest absolute Gasteiger partial charge is 0.481 e. The number of halogens is 2. The van der Waals surface area contributed by atoms with Gasteiger partial charge in [0.1, 0.15) is 0 Å². The average molecular weight is 288 g/mol. The van der Waals surface area contributed by atoms with Crippen molar-refractivity contribution in [2.24, 2.45) is 5.92 Å². The maximum atomic E-state index is 11.7. The molecule has 1 aliphatic heterocycles. The van der Waals surface area contributed by atoms with Gasteiger partial charge in [0.2, 0.25) is 5.91 Å². The van der Waals surface area contributed by atoms with E-state index in [1.807, 2.05) is 0 Å². The summed E-state index contributed by atoms with van der Waals surface area (Å²) in [4.78, 5) is 24.0. The number of benzene rings is 1. The van der Waals surface area contributed by atoms with Crippen LogP contribution >= 0.6 is 23.2 Å². The number of carbonyl (C=O) groups is 2. The zero-order valence-corrected chi connectivity index (χ0v) is 10.9. The van der Waals surface area contributed by atoms with E-state index in [4.69, 9.17) is 28.3 Å². The van der Waals surface area contributed by atoms with Gasteiger partial charge in [-0.15, -0.1) is 0 Å². The molecule has 1 heterocycles. The lowest BCUT2D eigenvalue weighted by molar-refractivity contribution is -0.141. The van der Waals surface area contributed by atoms with Crippen LogP contribution in [0, 0.1) is 5.92 Å². The average Bonchev–Trinajstić information content (AvgIpc) is 2.64. The van der Waals surface area contributed by atoms with E-state index in [2.05, 4.69) is 0 Å². The van der Waals surface area contributed by atoms with Crippen LogP contribution in [0.2, 0.25) is 10.0 Å². The SMILES string of the molecule is O=C(O)C1CC(=O)N(Cc2ccc(Cl)cc2Cl)C1. The first kappa shape index (κ1) is 13.2. The van der Waals surface area contributed by atoms with E-state index in [1.54, 1.807) is 18.2 Å². The van der Waals surface area contributed by atoms with E-state index in [0.29, 0.717) is 16.6 Å². The highest BCUT2D eigenvalue weighted by Gasteiger charge is 2.34. The summed E-state index contributed by atoms with van der Waals surface area (Å²) in [6.07, 6.45) is 0.0561. The van der Waals surface area contributed by atoms with Gasteiger partial charge in [0.15, 0.2) is 0 Å². The van der Waals surface area contributed by atoms with Crippen LogP contribution in [0.1, 0.15) is 12.0 Å². The summed E-state index contributed by atoms with van der Waals surface area (Å²) in [7, 11) is 0. The van der Waals surface area contributed by atoms with E-state index in [0.717, 1.165) is 5.56 Å². The summed E-state index contributed by atoms with van der Waals surface area (Å²) in [5, 5.41) is 9.89. The third-order valence-electron chi connectivity index (χ3n) is 2.94. The Balaban J connectivity index is 2.10. The van der Waals surface area contributed by atoms with E-state index >= 15 is 0 Å². The lowest BCUT2D eigenvalue weighted by atomic mass is 10.1. The van der Waals surface area contributed by atoms with Crippen molar-refractivity contribution in [2.75, 3.05) is 6.54 Å². The Kier molecular flexibility index (Phi) is 3.78. The molecule has 2 rings (SSSR count). The molecule has 0 aliphatic carbocycles. The molecule has 1 saturated heterocycles. The molecule has 1 unspecified atom stereocenters. The second-order valence-corrected chi connectivity index (χ2v) is 5.09. The number of aliphatic carboxylic acids is 1. The first-order valence-electron chi connectivity index (χ1n) is 5.42. The van der Waals surface area contributed by atoms with Crippen LogP contribution in [-0.4, -0.2) is 28.4 Å². The standard InChI is InChI=1S/C12H11Cl2NO3/c13-9-2-1-7(10(14)4-9)5-15-6-8(12(17)18)3-11(15)16/h1-2,4,8H,3,5-6H2,(H,17,18). The van der Waals surface area contributed by atoms with E-state index in [-0.39, 0.29) is 18.9 Å². The predicted octanol–water partition coefficient (Wildman–Crippen LogP) is 2.43. The van der Waals surface area contributed by atoms with Crippen molar-refractivity contribution in [2.45, 2.75) is 13.0 Å². The molecule has 0 bridgehead atoms. The third kappa shape index (κ3) is 2.76. The van der Waals surface area contributed by atoms with Crippen LogP contribution in [0.4, 0.5) is 0 Å². The first-order valence-corrected chi connectivity index (χ1v) is 6.17. The maximum Gasteiger partial charge on any atom is 0.308 e. The fourth-order valence-electron chi connectivity index (χ4n) is 1.95. The molecule has 4 nitrogen and oxygen atoms in total. The fraction of sp³-hybridized carbons (Fsp3) is 0.333. The van der Waals surface area contributed by atoms with Gasteiger partial charge in [0.05, 0.1) is 5.92 Å². The molecule has 1 amide bonds. The minimum atomic E-state index is -0.937. The third-order valence-corrected chi connectivity index (χ3v) is 3.53. The normalized spacial score (nSPS) is 19.3. The Morgan fingerprint density at radius 2 is 2.17 bits per heavy atom. The van der Waals surface area contributed by atoms with Crippen LogP contribution in [0.15, 0.2) is 18.2 Å². The van der Waals surface area contributed by atoms with Crippen LogP contribution in [0.25, 0.3) is 0 Å². The predicted molar refractivity (Wildman–Crippen MR) is 67.6 cm³/mol. The van der Waals surface area contributed by atoms with Gasteiger partial charge in [-0.2, -0.15) is 0 Å². The number of carboxylic acid groups (broad SMARTS) is 1. The van der Waals surface area contributed by atoms with Crippen molar-refractivity contribution in [3.63, 3.8) is 0 Å². The van der Waals surface area contributed by atoms with Gasteiger partial charge >= 0.3 is 5.97 Å². The summed E-state index contributed by atoms with van der Waals surface area (Å²) in [6, 6.07) is 5.04. The molecule has 1 N–H and O–H groups in total. The topological polar surface area (TPSA) is 57.6 Å². The van der Waals surface area contributed by atoms with Gasteiger partial charge in [0, 0.05) is 29.6 Å². The van der Waals surface area contributed by atoms with Gasteiger partial charge in [0.25, 0.3) is 0 Å². The molecule has 1 aromatic rings. The Morgan fingerprint density at radius 3 is 2.72 bits per heavy atom. The van der Waals surface area contributed by atoms with E-state index in [1.165, 1.54) is 4.90 Å². The molecule has 0 spiro atoms. The number of carbonyl (C=O) groups excluding carboxylic acids is 1. The Hall–Kier alpha value is -1.26. The Morgan fingerprint density at radius 1 is 1.44 bits per heavy atom. The monoisotopic (exact) mass is 287 g/mol. The van der Waals surface area contributed by atoms with Gasteiger partial charge in [-0.25, -0.2) is 0 Å². The van der Waals surface area contributed by atoms with Crippen molar-refractivity contribution in [1.82, 2.24) is 4.90 Å². The first-order chi connectivity index (χ1) is 8.47. The quantitative estimate of drug-likeness (QED) is 0.929. The summed E-state index contributed by atoms with van der Waals surface area (Å²) < 4.78 is 0. The molecule has 1 fully saturated rings. The number of likely N-dealkylation sites (tertiary alicyclic amines) is 1. The minimum absolute atomic E-state index is 0.0561. The number of hydrogen-bond acceptors (Lipinski definition) is 2. The maximum absolute atomic E-state index is 11.7. The molecule has 0 aromatic heterocycles. The molecule has 6 heteroatoms. The minimum Gasteiger partial charge on any atom is -0.481 e. The van der Waals surface area contributed by atoms with Gasteiger partial charge in [-0.1, -0.05) is 29.3 Å². The zero-order valence-electron chi connectivity index (χ0n) is 9.40. The number of nitrogens with zero attached hydrogens (tertiary/aromatic N) is 1. The molecule has 0 saturated carbocycles. The van der Waals surface area contributed by atoms with Crippen molar-refractivity contribution < 1.29 is 14.7 Å². The molecule has 18 heavy (non-hydrogen) atoms. The van der Waals surface area contributed by atoms with Crippen molar-refractivity contribution in [1.29, 1.82) is 0 Å². The smallest absolute Gasteiger partial charge is 0.308 e. The Labute approximate surface area is 114 Å². The summed E-state index contributed by atoms with van der Waals surface area (Å²) in [5.41, 5.74) is 0.764. The molecule has 96 valence electrons. The highest BCUT2D eigenvalue weighted by Crippen LogP contribution is 2.25. The van der Waals surface area contributed by atoms with Crippen molar-refractivity contribution in [3.05, 3.63) is 33.8 Å². The number of hydrogen-bond donors (Lipinski definition) is 1. The van der Waals surface area contributed by atoms with Gasteiger partial charge in [-0.3, -0.25) is 9.59 Å². The number of amides is 1. The van der Waals surface area contributed by atoms with Gasteiger partial charge < -0.3 is 10.0 Å². The Bertz CT molecular complexity index is 504. The molecule has 1 aromatic carbocycles. The summed E-state index contributed by atoms with van der Waals surface area (Å²) in [6.45, 7) is 0.547. The molecule has 1 atom stereocenters. The molecule has 1 aliphatic rings.